The zero-order valence-corrected chi connectivity index (χ0v) is 9.06. The summed E-state index contributed by atoms with van der Waals surface area (Å²) in [5.74, 6) is -3.18. The van der Waals surface area contributed by atoms with Gasteiger partial charge in [-0.3, -0.25) is 0 Å². The van der Waals surface area contributed by atoms with Crippen LogP contribution in [-0.2, 0) is 0 Å². The maximum atomic E-state index is 13.3. The van der Waals surface area contributed by atoms with Gasteiger partial charge in [0, 0.05) is 0 Å². The molecule has 2 aromatic carbocycles. The number of carboxylic acid groups (broad SMARTS) is 1. The summed E-state index contributed by atoms with van der Waals surface area (Å²) in [4.78, 5) is 10.6. The van der Waals surface area contributed by atoms with Crippen molar-refractivity contribution < 1.29 is 23.4 Å². The van der Waals surface area contributed by atoms with E-state index in [9.17, 15) is 13.6 Å². The Balaban J connectivity index is 2.24. The van der Waals surface area contributed by atoms with Crippen LogP contribution in [0.25, 0.3) is 0 Å². The molecule has 0 unspecified atom stereocenters. The standard InChI is InChI=1S/C13H8F2O3/c14-10-2-1-3-11(12(10)15)18-9-6-4-8(5-7-9)13(16)17/h1-7H,(H,16,17). The predicted octanol–water partition coefficient (Wildman–Crippen LogP) is 3.46. The van der Waals surface area contributed by atoms with E-state index in [1.54, 1.807) is 0 Å². The second-order valence-electron chi connectivity index (χ2n) is 3.48. The Bertz CT molecular complexity index is 579. The van der Waals surface area contributed by atoms with E-state index in [-0.39, 0.29) is 17.1 Å². The van der Waals surface area contributed by atoms with Gasteiger partial charge in [0.1, 0.15) is 5.75 Å². The highest BCUT2D eigenvalue weighted by atomic mass is 19.2. The summed E-state index contributed by atoms with van der Waals surface area (Å²) in [6.45, 7) is 0. The number of carbonyl (C=O) groups is 1. The Morgan fingerprint density at radius 3 is 2.33 bits per heavy atom. The lowest BCUT2D eigenvalue weighted by molar-refractivity contribution is 0.0697. The van der Waals surface area contributed by atoms with Crippen LogP contribution in [0.2, 0.25) is 0 Å². The van der Waals surface area contributed by atoms with E-state index in [0.717, 1.165) is 6.07 Å². The molecular formula is C13H8F2O3. The zero-order valence-electron chi connectivity index (χ0n) is 9.06. The molecule has 0 atom stereocenters. The fourth-order valence-electron chi connectivity index (χ4n) is 1.36. The molecule has 2 aromatic rings. The van der Waals surface area contributed by atoms with Gasteiger partial charge in [-0.15, -0.1) is 0 Å². The van der Waals surface area contributed by atoms with Crippen LogP contribution >= 0.6 is 0 Å². The summed E-state index contributed by atoms with van der Waals surface area (Å²) in [5, 5.41) is 8.70. The maximum absolute atomic E-state index is 13.3. The molecule has 0 aliphatic heterocycles. The lowest BCUT2D eigenvalue weighted by atomic mass is 10.2. The molecule has 0 saturated heterocycles. The smallest absolute Gasteiger partial charge is 0.335 e. The Morgan fingerprint density at radius 2 is 1.72 bits per heavy atom. The average molecular weight is 250 g/mol. The van der Waals surface area contributed by atoms with Gasteiger partial charge in [-0.2, -0.15) is 4.39 Å². The summed E-state index contributed by atoms with van der Waals surface area (Å²) >= 11 is 0. The van der Waals surface area contributed by atoms with E-state index < -0.39 is 17.6 Å². The molecule has 0 fully saturated rings. The summed E-state index contributed by atoms with van der Waals surface area (Å²) in [6, 6.07) is 8.95. The summed E-state index contributed by atoms with van der Waals surface area (Å²) in [7, 11) is 0. The predicted molar refractivity (Wildman–Crippen MR) is 59.8 cm³/mol. The van der Waals surface area contributed by atoms with Crippen LogP contribution in [0.1, 0.15) is 10.4 Å². The minimum atomic E-state index is -1.08. The molecule has 0 aromatic heterocycles. The SMILES string of the molecule is O=C(O)c1ccc(Oc2cccc(F)c2F)cc1. The molecule has 0 heterocycles. The van der Waals surface area contributed by atoms with Gasteiger partial charge in [0.2, 0.25) is 5.82 Å². The van der Waals surface area contributed by atoms with Gasteiger partial charge in [0.05, 0.1) is 5.56 Å². The first-order chi connectivity index (χ1) is 8.58. The minimum absolute atomic E-state index is 0.0852. The van der Waals surface area contributed by atoms with E-state index in [2.05, 4.69) is 0 Å². The van der Waals surface area contributed by atoms with Crippen molar-refractivity contribution in [3.05, 3.63) is 59.7 Å². The highest BCUT2D eigenvalue weighted by Gasteiger charge is 2.10. The molecule has 92 valence electrons. The molecule has 1 N–H and O–H groups in total. The van der Waals surface area contributed by atoms with Crippen molar-refractivity contribution in [1.82, 2.24) is 0 Å². The number of aromatic carboxylic acids is 1. The number of carboxylic acids is 1. The summed E-state index contributed by atoms with van der Waals surface area (Å²) in [6.07, 6.45) is 0. The van der Waals surface area contributed by atoms with Gasteiger partial charge in [-0.25, -0.2) is 9.18 Å². The van der Waals surface area contributed by atoms with E-state index >= 15 is 0 Å². The normalized spacial score (nSPS) is 10.1. The largest absolute Gasteiger partial charge is 0.478 e. The van der Waals surface area contributed by atoms with Crippen LogP contribution in [0.3, 0.4) is 0 Å². The molecule has 3 nitrogen and oxygen atoms in total. The third kappa shape index (κ3) is 2.45. The monoisotopic (exact) mass is 250 g/mol. The highest BCUT2D eigenvalue weighted by Crippen LogP contribution is 2.25. The van der Waals surface area contributed by atoms with Crippen LogP contribution < -0.4 is 4.74 Å². The van der Waals surface area contributed by atoms with Crippen molar-refractivity contribution in [3.63, 3.8) is 0 Å². The molecule has 0 radical (unpaired) electrons. The van der Waals surface area contributed by atoms with Crippen LogP contribution in [-0.4, -0.2) is 11.1 Å². The van der Waals surface area contributed by atoms with Crippen molar-refractivity contribution in [2.24, 2.45) is 0 Å². The van der Waals surface area contributed by atoms with Gasteiger partial charge in [0.25, 0.3) is 0 Å². The van der Waals surface area contributed by atoms with Crippen LogP contribution in [0.15, 0.2) is 42.5 Å². The van der Waals surface area contributed by atoms with Crippen molar-refractivity contribution >= 4 is 5.97 Å². The number of ether oxygens (including phenoxy) is 1. The van der Waals surface area contributed by atoms with Crippen molar-refractivity contribution in [2.75, 3.05) is 0 Å². The second kappa shape index (κ2) is 4.83. The number of benzene rings is 2. The molecule has 0 bridgehead atoms. The molecule has 2 rings (SSSR count). The average Bonchev–Trinajstić information content (AvgIpc) is 2.36. The van der Waals surface area contributed by atoms with Crippen LogP contribution in [0, 0.1) is 11.6 Å². The number of hydrogen-bond acceptors (Lipinski definition) is 2. The fraction of sp³-hybridized carbons (Fsp3) is 0. The number of rotatable bonds is 3. The molecule has 0 aliphatic carbocycles. The van der Waals surface area contributed by atoms with Crippen molar-refractivity contribution in [2.45, 2.75) is 0 Å². The quantitative estimate of drug-likeness (QED) is 0.907. The lowest BCUT2D eigenvalue weighted by Gasteiger charge is -2.07. The van der Waals surface area contributed by atoms with Gasteiger partial charge in [-0.05, 0) is 36.4 Å². The molecule has 0 amide bonds. The first kappa shape index (κ1) is 12.0. The zero-order chi connectivity index (χ0) is 13.1. The Morgan fingerprint density at radius 1 is 1.06 bits per heavy atom. The molecule has 0 spiro atoms. The van der Waals surface area contributed by atoms with Crippen molar-refractivity contribution in [1.29, 1.82) is 0 Å². The number of halogens is 2. The van der Waals surface area contributed by atoms with Gasteiger partial charge in [0.15, 0.2) is 11.6 Å². The third-order valence-electron chi connectivity index (χ3n) is 2.25. The molecule has 0 aliphatic rings. The molecule has 0 saturated carbocycles. The van der Waals surface area contributed by atoms with Crippen molar-refractivity contribution in [3.8, 4) is 11.5 Å². The Hall–Kier alpha value is -2.43. The van der Waals surface area contributed by atoms with E-state index in [1.165, 1.54) is 36.4 Å². The van der Waals surface area contributed by atoms with Crippen LogP contribution in [0.5, 0.6) is 11.5 Å². The first-order valence-corrected chi connectivity index (χ1v) is 5.03. The van der Waals surface area contributed by atoms with E-state index in [1.807, 2.05) is 0 Å². The topological polar surface area (TPSA) is 46.5 Å². The molecule has 18 heavy (non-hydrogen) atoms. The number of hydrogen-bond donors (Lipinski definition) is 1. The molecule has 5 heteroatoms. The highest BCUT2D eigenvalue weighted by molar-refractivity contribution is 5.87. The summed E-state index contributed by atoms with van der Waals surface area (Å²) < 4.78 is 31.3. The lowest BCUT2D eigenvalue weighted by Crippen LogP contribution is -1.96. The first-order valence-electron chi connectivity index (χ1n) is 5.03. The minimum Gasteiger partial charge on any atom is -0.478 e. The summed E-state index contributed by atoms with van der Waals surface area (Å²) in [5.41, 5.74) is 0.0852. The third-order valence-corrected chi connectivity index (χ3v) is 2.25. The van der Waals surface area contributed by atoms with Crippen LogP contribution in [0.4, 0.5) is 8.78 Å². The maximum Gasteiger partial charge on any atom is 0.335 e. The van der Waals surface area contributed by atoms with E-state index in [4.69, 9.17) is 9.84 Å². The fourth-order valence-corrected chi connectivity index (χ4v) is 1.36. The van der Waals surface area contributed by atoms with E-state index in [0.29, 0.717) is 0 Å². The second-order valence-corrected chi connectivity index (χ2v) is 3.48. The van der Waals surface area contributed by atoms with Gasteiger partial charge < -0.3 is 9.84 Å². The Labute approximate surface area is 101 Å². The molecular weight excluding hydrogens is 242 g/mol. The Kier molecular flexibility index (Phi) is 3.23. The van der Waals surface area contributed by atoms with Gasteiger partial charge >= 0.3 is 5.97 Å². The van der Waals surface area contributed by atoms with Gasteiger partial charge in [-0.1, -0.05) is 6.07 Å².